The van der Waals surface area contributed by atoms with Gasteiger partial charge in [0.05, 0.1) is 6.54 Å². The van der Waals surface area contributed by atoms with Gasteiger partial charge in [-0.15, -0.1) is 0 Å². The first kappa shape index (κ1) is 15.6. The van der Waals surface area contributed by atoms with E-state index in [9.17, 15) is 13.2 Å². The molecule has 0 aromatic carbocycles. The maximum absolute atomic E-state index is 12.5. The fraction of sp³-hybridized carbons (Fsp3) is 0.500. The molecule has 0 aliphatic heterocycles. The van der Waals surface area contributed by atoms with Crippen molar-refractivity contribution in [3.8, 4) is 0 Å². The molecule has 21 heavy (non-hydrogen) atoms. The molecule has 2 rings (SSSR count). The molecular formula is C14H18F3N3O. The molecule has 116 valence electrons. The van der Waals surface area contributed by atoms with E-state index >= 15 is 0 Å². The van der Waals surface area contributed by atoms with Crippen molar-refractivity contribution in [2.24, 2.45) is 0 Å². The van der Waals surface area contributed by atoms with Crippen molar-refractivity contribution in [2.75, 3.05) is 6.54 Å². The van der Waals surface area contributed by atoms with Crippen LogP contribution in [0.1, 0.15) is 36.1 Å². The average molecular weight is 301 g/mol. The Hall–Kier alpha value is -1.76. The van der Waals surface area contributed by atoms with E-state index in [-0.39, 0.29) is 6.54 Å². The number of hydrogen-bond donors (Lipinski definition) is 1. The number of aromatic nitrogens is 2. The standard InChI is InChI=1S/C14H18F3N3O/c1-3-5-18-8-11-7-12(21-10(11)2)9-20-6-4-13(19-20)14(15,16)17/h4,6-7,18H,3,5,8-9H2,1-2H3. The van der Waals surface area contributed by atoms with Crippen LogP contribution in [0.2, 0.25) is 0 Å². The van der Waals surface area contributed by atoms with E-state index in [4.69, 9.17) is 4.42 Å². The topological polar surface area (TPSA) is 43.0 Å². The first-order valence-electron chi connectivity index (χ1n) is 6.79. The second-order valence-electron chi connectivity index (χ2n) is 4.87. The van der Waals surface area contributed by atoms with E-state index in [2.05, 4.69) is 17.3 Å². The average Bonchev–Trinajstić information content (AvgIpc) is 2.97. The summed E-state index contributed by atoms with van der Waals surface area (Å²) in [6.45, 7) is 5.71. The Kier molecular flexibility index (Phi) is 4.72. The Morgan fingerprint density at radius 2 is 2.14 bits per heavy atom. The summed E-state index contributed by atoms with van der Waals surface area (Å²) in [5.41, 5.74) is 0.122. The number of alkyl halides is 3. The summed E-state index contributed by atoms with van der Waals surface area (Å²) in [4.78, 5) is 0. The number of furan rings is 1. The quantitative estimate of drug-likeness (QED) is 0.832. The third kappa shape index (κ3) is 4.10. The molecule has 0 amide bonds. The molecule has 0 unspecified atom stereocenters. The summed E-state index contributed by atoms with van der Waals surface area (Å²) in [5, 5.41) is 6.77. The Morgan fingerprint density at radius 1 is 1.38 bits per heavy atom. The number of nitrogens with one attached hydrogen (secondary N) is 1. The normalized spacial score (nSPS) is 12.0. The van der Waals surface area contributed by atoms with Crippen LogP contribution in [0.25, 0.3) is 0 Å². The first-order valence-corrected chi connectivity index (χ1v) is 6.79. The number of aryl methyl sites for hydroxylation is 1. The largest absolute Gasteiger partial charge is 0.464 e. The van der Waals surface area contributed by atoms with Gasteiger partial charge in [-0.2, -0.15) is 18.3 Å². The Bertz CT molecular complexity index is 587. The predicted octanol–water partition coefficient (Wildman–Crippen LogP) is 3.35. The van der Waals surface area contributed by atoms with Crippen LogP contribution in [0.15, 0.2) is 22.7 Å². The lowest BCUT2D eigenvalue weighted by Crippen LogP contribution is -2.13. The van der Waals surface area contributed by atoms with Crippen molar-refractivity contribution in [3.63, 3.8) is 0 Å². The van der Waals surface area contributed by atoms with E-state index in [0.29, 0.717) is 12.3 Å². The molecule has 4 nitrogen and oxygen atoms in total. The zero-order chi connectivity index (χ0) is 15.5. The first-order chi connectivity index (χ1) is 9.90. The van der Waals surface area contributed by atoms with Gasteiger partial charge in [0, 0.05) is 18.3 Å². The Labute approximate surface area is 120 Å². The van der Waals surface area contributed by atoms with Gasteiger partial charge in [0.2, 0.25) is 0 Å². The minimum absolute atomic E-state index is 0.185. The maximum Gasteiger partial charge on any atom is 0.435 e. The highest BCUT2D eigenvalue weighted by Gasteiger charge is 2.33. The van der Waals surface area contributed by atoms with Crippen molar-refractivity contribution >= 4 is 0 Å². The molecule has 2 aromatic rings. The lowest BCUT2D eigenvalue weighted by molar-refractivity contribution is -0.141. The van der Waals surface area contributed by atoms with Crippen molar-refractivity contribution in [3.05, 3.63) is 41.1 Å². The van der Waals surface area contributed by atoms with Gasteiger partial charge in [-0.3, -0.25) is 4.68 Å². The molecule has 0 aliphatic carbocycles. The van der Waals surface area contributed by atoms with Crippen molar-refractivity contribution in [1.82, 2.24) is 15.1 Å². The summed E-state index contributed by atoms with van der Waals surface area (Å²) >= 11 is 0. The smallest absolute Gasteiger partial charge is 0.435 e. The fourth-order valence-electron chi connectivity index (χ4n) is 2.00. The Balaban J connectivity index is 2.03. The minimum atomic E-state index is -4.42. The van der Waals surface area contributed by atoms with Gasteiger partial charge in [0.25, 0.3) is 0 Å². The number of rotatable bonds is 6. The molecule has 7 heteroatoms. The van der Waals surface area contributed by atoms with Crippen LogP contribution in [-0.4, -0.2) is 16.3 Å². The van der Waals surface area contributed by atoms with Gasteiger partial charge < -0.3 is 9.73 Å². The molecule has 0 atom stereocenters. The lowest BCUT2D eigenvalue weighted by Gasteiger charge is -2.01. The summed E-state index contributed by atoms with van der Waals surface area (Å²) in [6, 6.07) is 2.81. The molecule has 0 saturated heterocycles. The van der Waals surface area contributed by atoms with Crippen molar-refractivity contribution in [1.29, 1.82) is 0 Å². The SMILES string of the molecule is CCCNCc1cc(Cn2ccc(C(F)(F)F)n2)oc1C. The molecule has 0 aliphatic rings. The highest BCUT2D eigenvalue weighted by atomic mass is 19.4. The molecule has 0 radical (unpaired) electrons. The number of halogens is 3. The van der Waals surface area contributed by atoms with E-state index in [1.165, 1.54) is 10.9 Å². The number of hydrogen-bond acceptors (Lipinski definition) is 3. The third-order valence-electron chi connectivity index (χ3n) is 3.06. The predicted molar refractivity (Wildman–Crippen MR) is 71.8 cm³/mol. The Morgan fingerprint density at radius 3 is 2.76 bits per heavy atom. The molecule has 2 aromatic heterocycles. The second-order valence-corrected chi connectivity index (χ2v) is 4.87. The molecule has 0 bridgehead atoms. The van der Waals surface area contributed by atoms with Crippen LogP contribution in [-0.2, 0) is 19.3 Å². The fourth-order valence-corrected chi connectivity index (χ4v) is 2.00. The second kappa shape index (κ2) is 6.34. The van der Waals surface area contributed by atoms with Gasteiger partial charge in [0.1, 0.15) is 11.5 Å². The van der Waals surface area contributed by atoms with Crippen molar-refractivity contribution < 1.29 is 17.6 Å². The van der Waals surface area contributed by atoms with Gasteiger partial charge >= 0.3 is 6.18 Å². The van der Waals surface area contributed by atoms with Gasteiger partial charge in [-0.1, -0.05) is 6.92 Å². The van der Waals surface area contributed by atoms with Crippen LogP contribution < -0.4 is 5.32 Å². The zero-order valence-corrected chi connectivity index (χ0v) is 12.0. The minimum Gasteiger partial charge on any atom is -0.464 e. The summed E-state index contributed by atoms with van der Waals surface area (Å²) < 4.78 is 44.2. The molecule has 0 spiro atoms. The summed E-state index contributed by atoms with van der Waals surface area (Å²) in [6.07, 6.45) is -2.08. The maximum atomic E-state index is 12.5. The van der Waals surface area contributed by atoms with E-state index < -0.39 is 11.9 Å². The zero-order valence-electron chi connectivity index (χ0n) is 12.0. The summed E-state index contributed by atoms with van der Waals surface area (Å²) in [7, 11) is 0. The van der Waals surface area contributed by atoms with Crippen LogP contribution in [0.5, 0.6) is 0 Å². The van der Waals surface area contributed by atoms with Crippen LogP contribution in [0.3, 0.4) is 0 Å². The molecule has 2 heterocycles. The highest BCUT2D eigenvalue weighted by Crippen LogP contribution is 2.27. The molecule has 1 N–H and O–H groups in total. The van der Waals surface area contributed by atoms with E-state index in [1.54, 1.807) is 0 Å². The highest BCUT2D eigenvalue weighted by molar-refractivity contribution is 5.21. The van der Waals surface area contributed by atoms with Crippen LogP contribution in [0, 0.1) is 6.92 Å². The third-order valence-corrected chi connectivity index (χ3v) is 3.06. The summed E-state index contributed by atoms with van der Waals surface area (Å²) in [5.74, 6) is 1.37. The number of nitrogens with zero attached hydrogens (tertiary/aromatic N) is 2. The van der Waals surface area contributed by atoms with Gasteiger partial charge in [0.15, 0.2) is 5.69 Å². The van der Waals surface area contributed by atoms with Gasteiger partial charge in [-0.05, 0) is 32.0 Å². The molecule has 0 saturated carbocycles. The van der Waals surface area contributed by atoms with Gasteiger partial charge in [-0.25, -0.2) is 0 Å². The van der Waals surface area contributed by atoms with E-state index in [1.807, 2.05) is 13.0 Å². The van der Waals surface area contributed by atoms with E-state index in [0.717, 1.165) is 30.4 Å². The van der Waals surface area contributed by atoms with Crippen LogP contribution >= 0.6 is 0 Å². The lowest BCUT2D eigenvalue weighted by atomic mass is 10.2. The van der Waals surface area contributed by atoms with Crippen LogP contribution in [0.4, 0.5) is 13.2 Å². The molecule has 0 fully saturated rings. The molecular weight excluding hydrogens is 283 g/mol. The van der Waals surface area contributed by atoms with Crippen molar-refractivity contribution in [2.45, 2.75) is 39.5 Å². The monoisotopic (exact) mass is 301 g/mol.